The van der Waals surface area contributed by atoms with Crippen LogP contribution in [-0.4, -0.2) is 33.9 Å². The van der Waals surface area contributed by atoms with E-state index in [-0.39, 0.29) is 5.91 Å². The largest absolute Gasteiger partial charge is 0.382 e. The first-order valence-electron chi connectivity index (χ1n) is 5.03. The molecule has 2 N–H and O–H groups in total. The third kappa shape index (κ3) is 1.91. The molecule has 0 aliphatic heterocycles. The van der Waals surface area contributed by atoms with Crippen LogP contribution in [0.5, 0.6) is 0 Å². The van der Waals surface area contributed by atoms with E-state index in [1.165, 1.54) is 18.8 Å². The molecule has 0 atom stereocenters. The lowest BCUT2D eigenvalue weighted by molar-refractivity contribution is 0.0645. The summed E-state index contributed by atoms with van der Waals surface area (Å²) < 4.78 is 0. The zero-order valence-corrected chi connectivity index (χ0v) is 8.68. The highest BCUT2D eigenvalue weighted by molar-refractivity contribution is 5.92. The fourth-order valence-corrected chi connectivity index (χ4v) is 1.57. The Kier molecular flexibility index (Phi) is 2.53. The molecule has 1 amide bonds. The van der Waals surface area contributed by atoms with Crippen LogP contribution in [0.1, 0.15) is 29.8 Å². The fourth-order valence-electron chi connectivity index (χ4n) is 1.57. The maximum atomic E-state index is 11.9. The number of amides is 1. The van der Waals surface area contributed by atoms with Crippen molar-refractivity contribution in [2.45, 2.75) is 25.3 Å². The van der Waals surface area contributed by atoms with Crippen LogP contribution in [0, 0.1) is 0 Å². The van der Waals surface area contributed by atoms with E-state index in [4.69, 9.17) is 5.73 Å². The van der Waals surface area contributed by atoms with Gasteiger partial charge in [0.15, 0.2) is 0 Å². The number of nitrogens with zero attached hydrogens (tertiary/aromatic N) is 3. The summed E-state index contributed by atoms with van der Waals surface area (Å²) >= 11 is 0. The normalized spacial score (nSPS) is 15.8. The maximum Gasteiger partial charge on any atom is 0.274 e. The quantitative estimate of drug-likeness (QED) is 0.772. The van der Waals surface area contributed by atoms with E-state index in [1.54, 1.807) is 4.90 Å². The van der Waals surface area contributed by atoms with Crippen LogP contribution in [0.2, 0.25) is 0 Å². The van der Waals surface area contributed by atoms with Crippen molar-refractivity contribution < 1.29 is 4.79 Å². The third-order valence-electron chi connectivity index (χ3n) is 2.83. The van der Waals surface area contributed by atoms with Gasteiger partial charge in [-0.25, -0.2) is 9.97 Å². The number of aromatic nitrogens is 2. The lowest BCUT2D eigenvalue weighted by Crippen LogP contribution is -2.41. The molecule has 5 nitrogen and oxygen atoms in total. The van der Waals surface area contributed by atoms with Gasteiger partial charge in [0.25, 0.3) is 5.91 Å². The number of hydrogen-bond donors (Lipinski definition) is 1. The second kappa shape index (κ2) is 3.84. The van der Waals surface area contributed by atoms with Gasteiger partial charge in [-0.1, -0.05) is 0 Å². The Hall–Kier alpha value is -1.65. The van der Waals surface area contributed by atoms with Crippen LogP contribution in [0.3, 0.4) is 0 Å². The van der Waals surface area contributed by atoms with E-state index in [0.29, 0.717) is 17.6 Å². The average Bonchev–Trinajstić information content (AvgIpc) is 2.15. The van der Waals surface area contributed by atoms with Crippen LogP contribution in [-0.2, 0) is 0 Å². The highest BCUT2D eigenvalue weighted by Crippen LogP contribution is 2.24. The van der Waals surface area contributed by atoms with Gasteiger partial charge < -0.3 is 10.6 Å². The van der Waals surface area contributed by atoms with E-state index >= 15 is 0 Å². The van der Waals surface area contributed by atoms with Crippen molar-refractivity contribution in [2.24, 2.45) is 0 Å². The van der Waals surface area contributed by atoms with E-state index in [0.717, 1.165) is 12.8 Å². The first kappa shape index (κ1) is 9.89. The van der Waals surface area contributed by atoms with Crippen molar-refractivity contribution in [2.75, 3.05) is 12.8 Å². The van der Waals surface area contributed by atoms with Crippen molar-refractivity contribution in [3.05, 3.63) is 18.1 Å². The molecule has 0 saturated heterocycles. The van der Waals surface area contributed by atoms with Crippen molar-refractivity contribution in [3.8, 4) is 0 Å². The molecule has 5 heteroatoms. The Morgan fingerprint density at radius 2 is 2.20 bits per heavy atom. The number of nitrogens with two attached hydrogens (primary N) is 1. The number of rotatable bonds is 2. The molecule has 0 unspecified atom stereocenters. The summed E-state index contributed by atoms with van der Waals surface area (Å²) in [5, 5.41) is 0. The van der Waals surface area contributed by atoms with Gasteiger partial charge in [-0.2, -0.15) is 0 Å². The molecular weight excluding hydrogens is 192 g/mol. The Bertz CT molecular complexity index is 358. The fraction of sp³-hybridized carbons (Fsp3) is 0.500. The van der Waals surface area contributed by atoms with Gasteiger partial charge in [-0.05, 0) is 19.3 Å². The van der Waals surface area contributed by atoms with E-state index in [1.807, 2.05) is 7.05 Å². The van der Waals surface area contributed by atoms with Crippen molar-refractivity contribution >= 4 is 11.7 Å². The zero-order valence-electron chi connectivity index (χ0n) is 8.68. The standard InChI is InChI=1S/C10H14N4O/c1-14(7-3-2-4-7)10(15)8-5-13-9(11)6-12-8/h5-7H,2-4H2,1H3,(H2,11,13). The predicted octanol–water partition coefficient (Wildman–Crippen LogP) is 0.683. The number of nitrogen functional groups attached to an aromatic ring is 1. The molecule has 0 spiro atoms. The summed E-state index contributed by atoms with van der Waals surface area (Å²) in [5.74, 6) is 0.255. The molecule has 0 aromatic carbocycles. The highest BCUT2D eigenvalue weighted by atomic mass is 16.2. The van der Waals surface area contributed by atoms with Crippen LogP contribution in [0.25, 0.3) is 0 Å². The van der Waals surface area contributed by atoms with Gasteiger partial charge >= 0.3 is 0 Å². The van der Waals surface area contributed by atoms with E-state index in [9.17, 15) is 4.79 Å². The molecule has 1 aliphatic carbocycles. The second-order valence-corrected chi connectivity index (χ2v) is 3.83. The summed E-state index contributed by atoms with van der Waals surface area (Å²) in [5.41, 5.74) is 5.76. The van der Waals surface area contributed by atoms with Crippen molar-refractivity contribution in [1.29, 1.82) is 0 Å². The number of anilines is 1. The molecule has 15 heavy (non-hydrogen) atoms. The maximum absolute atomic E-state index is 11.9. The summed E-state index contributed by atoms with van der Waals surface area (Å²) in [6.45, 7) is 0. The topological polar surface area (TPSA) is 72.1 Å². The SMILES string of the molecule is CN(C(=O)c1cnc(N)cn1)C1CCC1. The molecule has 0 radical (unpaired) electrons. The number of hydrogen-bond acceptors (Lipinski definition) is 4. The van der Waals surface area contributed by atoms with Gasteiger partial charge in [0, 0.05) is 13.1 Å². The lowest BCUT2D eigenvalue weighted by Gasteiger charge is -2.34. The summed E-state index contributed by atoms with van der Waals surface area (Å²) in [6.07, 6.45) is 6.21. The van der Waals surface area contributed by atoms with Gasteiger partial charge in [0.2, 0.25) is 0 Å². The van der Waals surface area contributed by atoms with Crippen molar-refractivity contribution in [3.63, 3.8) is 0 Å². The molecule has 1 aromatic rings. The first-order chi connectivity index (χ1) is 7.18. The molecule has 1 fully saturated rings. The Morgan fingerprint density at radius 3 is 2.67 bits per heavy atom. The van der Waals surface area contributed by atoms with Gasteiger partial charge in [0.1, 0.15) is 11.5 Å². The predicted molar refractivity (Wildman–Crippen MR) is 56.2 cm³/mol. The average molecular weight is 206 g/mol. The third-order valence-corrected chi connectivity index (χ3v) is 2.83. The molecule has 80 valence electrons. The smallest absolute Gasteiger partial charge is 0.274 e. The van der Waals surface area contributed by atoms with Crippen LogP contribution >= 0.6 is 0 Å². The second-order valence-electron chi connectivity index (χ2n) is 3.83. The monoisotopic (exact) mass is 206 g/mol. The summed E-state index contributed by atoms with van der Waals surface area (Å²) in [7, 11) is 1.81. The Morgan fingerprint density at radius 1 is 1.47 bits per heavy atom. The number of carbonyl (C=O) groups is 1. The highest BCUT2D eigenvalue weighted by Gasteiger charge is 2.26. The summed E-state index contributed by atoms with van der Waals surface area (Å²) in [4.78, 5) is 21.4. The van der Waals surface area contributed by atoms with E-state index < -0.39 is 0 Å². The number of carbonyl (C=O) groups excluding carboxylic acids is 1. The minimum absolute atomic E-state index is 0.0767. The minimum Gasteiger partial charge on any atom is -0.382 e. The Labute approximate surface area is 88.3 Å². The van der Waals surface area contributed by atoms with Gasteiger partial charge in [-0.15, -0.1) is 0 Å². The van der Waals surface area contributed by atoms with Crippen LogP contribution < -0.4 is 5.73 Å². The molecular formula is C10H14N4O. The molecule has 1 aliphatic rings. The first-order valence-corrected chi connectivity index (χ1v) is 5.03. The van der Waals surface area contributed by atoms with Crippen LogP contribution in [0.4, 0.5) is 5.82 Å². The van der Waals surface area contributed by atoms with Gasteiger partial charge in [-0.3, -0.25) is 4.79 Å². The Balaban J connectivity index is 2.09. The van der Waals surface area contributed by atoms with Crippen LogP contribution in [0.15, 0.2) is 12.4 Å². The van der Waals surface area contributed by atoms with Gasteiger partial charge in [0.05, 0.1) is 12.4 Å². The van der Waals surface area contributed by atoms with E-state index in [2.05, 4.69) is 9.97 Å². The molecule has 1 heterocycles. The summed E-state index contributed by atoms with van der Waals surface area (Å²) in [6, 6.07) is 0.372. The van der Waals surface area contributed by atoms with Crippen molar-refractivity contribution in [1.82, 2.24) is 14.9 Å². The zero-order chi connectivity index (χ0) is 10.8. The minimum atomic E-state index is -0.0767. The molecule has 2 rings (SSSR count). The molecule has 0 bridgehead atoms. The lowest BCUT2D eigenvalue weighted by atomic mass is 9.92. The molecule has 1 saturated carbocycles. The molecule has 1 aromatic heterocycles.